The topological polar surface area (TPSA) is 69.7 Å². The molecule has 0 radical (unpaired) electrons. The van der Waals surface area contributed by atoms with Gasteiger partial charge in [0.2, 0.25) is 5.88 Å². The van der Waals surface area contributed by atoms with E-state index < -0.39 is 0 Å². The Balaban J connectivity index is 1.63. The summed E-state index contributed by atoms with van der Waals surface area (Å²) in [5.74, 6) is 0.692. The second-order valence-corrected chi connectivity index (χ2v) is 9.39. The van der Waals surface area contributed by atoms with Crippen LogP contribution in [0.15, 0.2) is 54.7 Å². The highest BCUT2D eigenvalue weighted by Gasteiger charge is 2.17. The van der Waals surface area contributed by atoms with Gasteiger partial charge in [0, 0.05) is 25.9 Å². The molecule has 1 heterocycles. The second kappa shape index (κ2) is 11.6. The van der Waals surface area contributed by atoms with Crippen molar-refractivity contribution in [2.24, 2.45) is 0 Å². The van der Waals surface area contributed by atoms with Crippen LogP contribution >= 0.6 is 23.2 Å². The third-order valence-electron chi connectivity index (χ3n) is 4.68. The Kier molecular flexibility index (Phi) is 8.78. The van der Waals surface area contributed by atoms with E-state index in [1.54, 1.807) is 25.4 Å². The van der Waals surface area contributed by atoms with Crippen molar-refractivity contribution in [3.8, 4) is 22.8 Å². The molecule has 0 fully saturated rings. The lowest BCUT2D eigenvalue weighted by molar-refractivity contribution is 0.0951. The summed E-state index contributed by atoms with van der Waals surface area (Å²) < 4.78 is 16.3. The van der Waals surface area contributed by atoms with Crippen molar-refractivity contribution >= 4 is 29.1 Å². The number of carbonyl (C=O) groups excluding carboxylic acids is 1. The molecule has 6 nitrogen and oxygen atoms in total. The summed E-state index contributed by atoms with van der Waals surface area (Å²) >= 11 is 12.6. The molecule has 34 heavy (non-hydrogen) atoms. The molecule has 0 atom stereocenters. The van der Waals surface area contributed by atoms with Crippen molar-refractivity contribution in [3.63, 3.8) is 0 Å². The zero-order valence-corrected chi connectivity index (χ0v) is 21.2. The number of methoxy groups -OCH3 is 1. The van der Waals surface area contributed by atoms with Gasteiger partial charge >= 0.3 is 0 Å². The zero-order valence-electron chi connectivity index (χ0n) is 19.7. The molecule has 0 bridgehead atoms. The average molecular weight is 503 g/mol. The van der Waals surface area contributed by atoms with Crippen LogP contribution in [-0.2, 0) is 11.3 Å². The third kappa shape index (κ3) is 7.35. The molecule has 0 saturated carbocycles. The van der Waals surface area contributed by atoms with Gasteiger partial charge in [0.1, 0.15) is 18.0 Å². The summed E-state index contributed by atoms with van der Waals surface area (Å²) in [5.41, 5.74) is 2.84. The van der Waals surface area contributed by atoms with E-state index in [1.807, 2.05) is 57.2 Å². The maximum absolute atomic E-state index is 12.7. The molecule has 0 aliphatic heterocycles. The summed E-state index contributed by atoms with van der Waals surface area (Å²) in [6.07, 6.45) is 1.73. The van der Waals surface area contributed by atoms with E-state index in [-0.39, 0.29) is 27.1 Å². The van der Waals surface area contributed by atoms with Crippen LogP contribution in [0.2, 0.25) is 10.0 Å². The first-order valence-electron chi connectivity index (χ1n) is 10.8. The predicted octanol–water partition coefficient (Wildman–Crippen LogP) is 6.19. The molecule has 0 saturated heterocycles. The first-order chi connectivity index (χ1) is 16.2. The van der Waals surface area contributed by atoms with E-state index in [0.29, 0.717) is 31.4 Å². The average Bonchev–Trinajstić information content (AvgIpc) is 2.77. The molecule has 8 heteroatoms. The second-order valence-electron chi connectivity index (χ2n) is 8.58. The molecule has 3 rings (SSSR count). The van der Waals surface area contributed by atoms with E-state index >= 15 is 0 Å². The quantitative estimate of drug-likeness (QED) is 0.353. The summed E-state index contributed by atoms with van der Waals surface area (Å²) in [5, 5.41) is 3.31. The zero-order chi connectivity index (χ0) is 24.7. The lowest BCUT2D eigenvalue weighted by Crippen LogP contribution is -2.23. The number of ether oxygens (including phenoxy) is 3. The minimum atomic E-state index is -0.361. The smallest absolute Gasteiger partial charge is 0.254 e. The highest BCUT2D eigenvalue weighted by Crippen LogP contribution is 2.30. The van der Waals surface area contributed by atoms with Gasteiger partial charge in [-0.05, 0) is 55.7 Å². The van der Waals surface area contributed by atoms with Gasteiger partial charge in [0.05, 0.1) is 22.2 Å². The van der Waals surface area contributed by atoms with Crippen LogP contribution in [0.5, 0.6) is 11.6 Å². The molecule has 180 valence electrons. The van der Waals surface area contributed by atoms with E-state index in [0.717, 1.165) is 16.7 Å². The third-order valence-corrected chi connectivity index (χ3v) is 5.28. The van der Waals surface area contributed by atoms with Crippen LogP contribution in [0.25, 0.3) is 11.1 Å². The van der Waals surface area contributed by atoms with E-state index in [1.165, 1.54) is 0 Å². The van der Waals surface area contributed by atoms with Crippen LogP contribution in [0.3, 0.4) is 0 Å². The van der Waals surface area contributed by atoms with Gasteiger partial charge in [-0.2, -0.15) is 0 Å². The number of halogens is 2. The minimum absolute atomic E-state index is 0.210. The van der Waals surface area contributed by atoms with Crippen LogP contribution in [0, 0.1) is 0 Å². The number of amides is 1. The molecule has 1 aromatic heterocycles. The Hall–Kier alpha value is -2.80. The van der Waals surface area contributed by atoms with Gasteiger partial charge in [0.25, 0.3) is 5.91 Å². The molecular formula is C26H28Cl2N2O4. The maximum atomic E-state index is 12.7. The van der Waals surface area contributed by atoms with Crippen LogP contribution in [-0.4, -0.2) is 36.8 Å². The van der Waals surface area contributed by atoms with Gasteiger partial charge in [-0.1, -0.05) is 47.5 Å². The van der Waals surface area contributed by atoms with Gasteiger partial charge in [-0.3, -0.25) is 4.79 Å². The van der Waals surface area contributed by atoms with Gasteiger partial charge in [-0.25, -0.2) is 4.98 Å². The molecule has 0 unspecified atom stereocenters. The lowest BCUT2D eigenvalue weighted by atomic mass is 10.0. The normalized spacial score (nSPS) is 11.2. The first-order valence-corrected chi connectivity index (χ1v) is 11.6. The molecule has 0 spiro atoms. The summed E-state index contributed by atoms with van der Waals surface area (Å²) in [6, 6.07) is 14.9. The van der Waals surface area contributed by atoms with Gasteiger partial charge < -0.3 is 19.5 Å². The Morgan fingerprint density at radius 1 is 0.971 bits per heavy atom. The Bertz CT molecular complexity index is 1110. The van der Waals surface area contributed by atoms with E-state index in [2.05, 4.69) is 10.3 Å². The number of carbonyl (C=O) groups is 1. The van der Waals surface area contributed by atoms with Gasteiger partial charge in [-0.15, -0.1) is 0 Å². The molecular weight excluding hydrogens is 475 g/mol. The fourth-order valence-electron chi connectivity index (χ4n) is 3.14. The van der Waals surface area contributed by atoms with Crippen LogP contribution in [0.1, 0.15) is 36.7 Å². The molecule has 1 amide bonds. The molecule has 3 aromatic rings. The molecule has 0 aliphatic carbocycles. The van der Waals surface area contributed by atoms with Crippen molar-refractivity contribution in [2.75, 3.05) is 20.3 Å². The highest BCUT2D eigenvalue weighted by molar-refractivity contribution is 6.39. The number of pyridine rings is 1. The van der Waals surface area contributed by atoms with Crippen LogP contribution in [0.4, 0.5) is 0 Å². The number of nitrogens with zero attached hydrogens (tertiary/aromatic N) is 1. The number of nitrogens with one attached hydrogen (secondary N) is 1. The highest BCUT2D eigenvalue weighted by atomic mass is 35.5. The first kappa shape index (κ1) is 25.8. The van der Waals surface area contributed by atoms with Gasteiger partial charge in [0.15, 0.2) is 0 Å². The SMILES string of the molecule is COCCOc1cc(Cl)c(C(=O)NCc2ccc(-c3ccnc(OC(C)(C)C)c3)cc2)c(Cl)c1. The number of benzene rings is 2. The minimum Gasteiger partial charge on any atom is -0.491 e. The van der Waals surface area contributed by atoms with Crippen molar-refractivity contribution in [3.05, 3.63) is 75.9 Å². The number of rotatable bonds is 9. The Morgan fingerprint density at radius 2 is 1.65 bits per heavy atom. The van der Waals surface area contributed by atoms with Crippen molar-refractivity contribution in [1.82, 2.24) is 10.3 Å². The Labute approximate surface area is 210 Å². The predicted molar refractivity (Wildman–Crippen MR) is 135 cm³/mol. The largest absolute Gasteiger partial charge is 0.491 e. The van der Waals surface area contributed by atoms with Crippen molar-refractivity contribution in [1.29, 1.82) is 0 Å². The summed E-state index contributed by atoms with van der Waals surface area (Å²) in [4.78, 5) is 17.0. The van der Waals surface area contributed by atoms with Crippen LogP contribution < -0.4 is 14.8 Å². The molecule has 2 aromatic carbocycles. The lowest BCUT2D eigenvalue weighted by Gasteiger charge is -2.20. The summed E-state index contributed by atoms with van der Waals surface area (Å²) in [6.45, 7) is 7.06. The van der Waals surface area contributed by atoms with E-state index in [4.69, 9.17) is 37.4 Å². The number of hydrogen-bond acceptors (Lipinski definition) is 5. The molecule has 1 N–H and O–H groups in total. The maximum Gasteiger partial charge on any atom is 0.254 e. The standard InChI is InChI=1S/C26H28Cl2N2O4/c1-26(2,3)34-23-13-19(9-10-29-23)18-7-5-17(6-8-18)16-30-25(31)24-21(27)14-20(15-22(24)28)33-12-11-32-4/h5-10,13-15H,11-12,16H2,1-4H3,(H,30,31). The molecule has 0 aliphatic rings. The summed E-state index contributed by atoms with van der Waals surface area (Å²) in [7, 11) is 1.59. The Morgan fingerprint density at radius 3 is 2.26 bits per heavy atom. The number of hydrogen-bond donors (Lipinski definition) is 1. The van der Waals surface area contributed by atoms with E-state index in [9.17, 15) is 4.79 Å². The van der Waals surface area contributed by atoms with Crippen molar-refractivity contribution in [2.45, 2.75) is 32.9 Å². The monoisotopic (exact) mass is 502 g/mol. The number of aromatic nitrogens is 1. The fraction of sp³-hybridized carbons (Fsp3) is 0.308. The van der Waals surface area contributed by atoms with Crippen molar-refractivity contribution < 1.29 is 19.0 Å². The fourth-order valence-corrected chi connectivity index (χ4v) is 3.78.